The summed E-state index contributed by atoms with van der Waals surface area (Å²) in [5.74, 6) is 0.0756. The number of thiazole rings is 1. The van der Waals surface area contributed by atoms with Crippen LogP contribution in [-0.4, -0.2) is 49.1 Å². The molecule has 1 amide bonds. The van der Waals surface area contributed by atoms with Crippen LogP contribution >= 0.6 is 11.3 Å². The van der Waals surface area contributed by atoms with Crippen LogP contribution in [0, 0.1) is 0 Å². The van der Waals surface area contributed by atoms with Crippen LogP contribution in [0.3, 0.4) is 0 Å². The molecule has 1 aliphatic rings. The third-order valence-corrected chi connectivity index (χ3v) is 5.93. The number of nitrogens with one attached hydrogen (secondary N) is 1. The number of aromatic nitrogens is 4. The fourth-order valence-corrected chi connectivity index (χ4v) is 4.28. The van der Waals surface area contributed by atoms with Gasteiger partial charge in [-0.15, -0.1) is 11.3 Å². The van der Waals surface area contributed by atoms with E-state index in [1.807, 2.05) is 33.4 Å². The lowest BCUT2D eigenvalue weighted by atomic mass is 10.1. The first-order valence-corrected chi connectivity index (χ1v) is 10.5. The predicted octanol–water partition coefficient (Wildman–Crippen LogP) is 2.79. The summed E-state index contributed by atoms with van der Waals surface area (Å²) < 4.78 is 3.99. The summed E-state index contributed by atoms with van der Waals surface area (Å²) in [6, 6.07) is 2.26. The highest BCUT2D eigenvalue weighted by molar-refractivity contribution is 7.15. The molecule has 3 aromatic rings. The zero-order chi connectivity index (χ0) is 18.6. The minimum atomic E-state index is 0.0756. The number of fused-ring (bicyclic) bond motifs is 1. The minimum Gasteiger partial charge on any atom is -0.337 e. The Hall–Kier alpha value is -2.19. The van der Waals surface area contributed by atoms with Gasteiger partial charge in [0, 0.05) is 56.2 Å². The first kappa shape index (κ1) is 18.2. The zero-order valence-electron chi connectivity index (χ0n) is 15.7. The van der Waals surface area contributed by atoms with E-state index in [0.29, 0.717) is 18.3 Å². The standard InChI is InChI=1S/C19H26N6OS/c1-15(6-11-24-10-5-7-21-24)20-14-16-17(22-19-25(16)12-13-27-19)18(26)23-8-3-2-4-9-23/h5,7,10,12-13,15,20H,2-4,6,8-9,11,14H2,1H3/t15-/m0/s1. The predicted molar refractivity (Wildman–Crippen MR) is 106 cm³/mol. The molecule has 0 saturated carbocycles. The van der Waals surface area contributed by atoms with Gasteiger partial charge in [-0.05, 0) is 38.7 Å². The van der Waals surface area contributed by atoms with Crippen LogP contribution in [0.25, 0.3) is 4.96 Å². The summed E-state index contributed by atoms with van der Waals surface area (Å²) in [6.45, 7) is 5.36. The summed E-state index contributed by atoms with van der Waals surface area (Å²) in [5.41, 5.74) is 1.57. The summed E-state index contributed by atoms with van der Waals surface area (Å²) >= 11 is 1.57. The Morgan fingerprint density at radius 2 is 2.15 bits per heavy atom. The highest BCUT2D eigenvalue weighted by Crippen LogP contribution is 2.21. The quantitative estimate of drug-likeness (QED) is 0.678. The number of nitrogens with zero attached hydrogens (tertiary/aromatic N) is 5. The van der Waals surface area contributed by atoms with Crippen molar-refractivity contribution in [1.82, 2.24) is 29.4 Å². The Kier molecular flexibility index (Phi) is 5.54. The van der Waals surface area contributed by atoms with Crippen LogP contribution in [0.4, 0.5) is 0 Å². The van der Waals surface area contributed by atoms with Crippen molar-refractivity contribution in [2.75, 3.05) is 13.1 Å². The number of likely N-dealkylation sites (tertiary alicyclic amines) is 1. The first-order valence-electron chi connectivity index (χ1n) is 9.67. The molecule has 0 aromatic carbocycles. The van der Waals surface area contributed by atoms with E-state index in [1.165, 1.54) is 6.42 Å². The Labute approximate surface area is 163 Å². The molecule has 27 heavy (non-hydrogen) atoms. The number of rotatable bonds is 7. The third-order valence-electron chi connectivity index (χ3n) is 5.18. The first-order chi connectivity index (χ1) is 13.2. The highest BCUT2D eigenvalue weighted by atomic mass is 32.1. The second-order valence-electron chi connectivity index (χ2n) is 7.16. The SMILES string of the molecule is C[C@@H](CCn1cccn1)NCc1c(C(=O)N2CCCCC2)nc2sccn12. The van der Waals surface area contributed by atoms with E-state index in [1.54, 1.807) is 17.5 Å². The van der Waals surface area contributed by atoms with Gasteiger partial charge in [-0.2, -0.15) is 5.10 Å². The van der Waals surface area contributed by atoms with Crippen LogP contribution < -0.4 is 5.32 Å². The molecule has 1 atom stereocenters. The summed E-state index contributed by atoms with van der Waals surface area (Å²) in [7, 11) is 0. The Balaban J connectivity index is 1.45. The van der Waals surface area contributed by atoms with E-state index in [4.69, 9.17) is 0 Å². The van der Waals surface area contributed by atoms with Gasteiger partial charge < -0.3 is 10.2 Å². The molecule has 4 heterocycles. The average Bonchev–Trinajstić information content (AvgIpc) is 3.42. The van der Waals surface area contributed by atoms with Crippen molar-refractivity contribution in [2.45, 2.75) is 51.7 Å². The van der Waals surface area contributed by atoms with Crippen LogP contribution in [0.15, 0.2) is 30.0 Å². The summed E-state index contributed by atoms with van der Waals surface area (Å²) in [6.07, 6.45) is 10.2. The number of piperidine rings is 1. The molecular formula is C19H26N6OS. The fourth-order valence-electron chi connectivity index (χ4n) is 3.55. The van der Waals surface area contributed by atoms with E-state index in [2.05, 4.69) is 26.7 Å². The number of carbonyl (C=O) groups excluding carboxylic acids is 1. The van der Waals surface area contributed by atoms with Gasteiger partial charge in [0.05, 0.1) is 5.69 Å². The molecule has 0 aliphatic carbocycles. The van der Waals surface area contributed by atoms with E-state index in [0.717, 1.165) is 49.6 Å². The molecule has 3 aromatic heterocycles. The molecule has 0 radical (unpaired) electrons. The minimum absolute atomic E-state index is 0.0756. The van der Waals surface area contributed by atoms with Gasteiger partial charge >= 0.3 is 0 Å². The molecule has 1 fully saturated rings. The molecule has 0 unspecified atom stereocenters. The number of hydrogen-bond acceptors (Lipinski definition) is 5. The maximum absolute atomic E-state index is 13.0. The molecule has 0 spiro atoms. The van der Waals surface area contributed by atoms with E-state index in [9.17, 15) is 4.79 Å². The number of hydrogen-bond donors (Lipinski definition) is 1. The summed E-state index contributed by atoms with van der Waals surface area (Å²) in [5, 5.41) is 9.82. The van der Waals surface area contributed by atoms with Crippen molar-refractivity contribution in [2.24, 2.45) is 0 Å². The van der Waals surface area contributed by atoms with E-state index < -0.39 is 0 Å². The molecule has 144 valence electrons. The van der Waals surface area contributed by atoms with Crippen molar-refractivity contribution < 1.29 is 4.79 Å². The molecular weight excluding hydrogens is 360 g/mol. The van der Waals surface area contributed by atoms with Gasteiger partial charge in [0.25, 0.3) is 5.91 Å². The second kappa shape index (κ2) is 8.22. The van der Waals surface area contributed by atoms with Gasteiger partial charge in [0.1, 0.15) is 0 Å². The van der Waals surface area contributed by atoms with Gasteiger partial charge in [0.2, 0.25) is 0 Å². The summed E-state index contributed by atoms with van der Waals surface area (Å²) in [4.78, 5) is 20.5. The molecule has 1 N–H and O–H groups in total. The number of imidazole rings is 1. The van der Waals surface area contributed by atoms with Gasteiger partial charge in [0.15, 0.2) is 10.7 Å². The van der Waals surface area contributed by atoms with Crippen LogP contribution in [0.2, 0.25) is 0 Å². The monoisotopic (exact) mass is 386 g/mol. The average molecular weight is 387 g/mol. The maximum atomic E-state index is 13.0. The lowest BCUT2D eigenvalue weighted by molar-refractivity contribution is 0.0717. The van der Waals surface area contributed by atoms with Crippen LogP contribution in [-0.2, 0) is 13.1 Å². The fraction of sp³-hybridized carbons (Fsp3) is 0.526. The topological polar surface area (TPSA) is 67.5 Å². The lowest BCUT2D eigenvalue weighted by Crippen LogP contribution is -2.37. The van der Waals surface area contributed by atoms with Crippen LogP contribution in [0.1, 0.15) is 48.8 Å². The van der Waals surface area contributed by atoms with E-state index >= 15 is 0 Å². The Morgan fingerprint density at radius 3 is 2.93 bits per heavy atom. The smallest absolute Gasteiger partial charge is 0.274 e. The van der Waals surface area contributed by atoms with Crippen molar-refractivity contribution >= 4 is 22.2 Å². The van der Waals surface area contributed by atoms with E-state index in [-0.39, 0.29) is 5.91 Å². The maximum Gasteiger partial charge on any atom is 0.274 e. The molecule has 1 aliphatic heterocycles. The number of amides is 1. The van der Waals surface area contributed by atoms with Gasteiger partial charge in [-0.25, -0.2) is 4.98 Å². The Bertz CT molecular complexity index is 877. The molecule has 4 rings (SSSR count). The highest BCUT2D eigenvalue weighted by Gasteiger charge is 2.25. The molecule has 8 heteroatoms. The second-order valence-corrected chi connectivity index (χ2v) is 8.03. The van der Waals surface area contributed by atoms with Crippen molar-refractivity contribution in [3.8, 4) is 0 Å². The van der Waals surface area contributed by atoms with Crippen molar-refractivity contribution in [3.63, 3.8) is 0 Å². The zero-order valence-corrected chi connectivity index (χ0v) is 16.5. The van der Waals surface area contributed by atoms with Gasteiger partial charge in [-0.1, -0.05) is 0 Å². The largest absolute Gasteiger partial charge is 0.337 e. The lowest BCUT2D eigenvalue weighted by Gasteiger charge is -2.26. The Morgan fingerprint density at radius 1 is 1.30 bits per heavy atom. The van der Waals surface area contributed by atoms with Crippen molar-refractivity contribution in [1.29, 1.82) is 0 Å². The van der Waals surface area contributed by atoms with Crippen LogP contribution in [0.5, 0.6) is 0 Å². The molecule has 1 saturated heterocycles. The number of carbonyl (C=O) groups is 1. The normalized spacial score (nSPS) is 16.1. The number of aryl methyl sites for hydroxylation is 1. The molecule has 0 bridgehead atoms. The molecule has 7 nitrogen and oxygen atoms in total. The third kappa shape index (κ3) is 4.06. The van der Waals surface area contributed by atoms with Crippen molar-refractivity contribution in [3.05, 3.63) is 41.4 Å². The van der Waals surface area contributed by atoms with Gasteiger partial charge in [-0.3, -0.25) is 13.9 Å².